The second kappa shape index (κ2) is 6.74. The van der Waals surface area contributed by atoms with Crippen LogP contribution in [0.15, 0.2) is 28.9 Å². The summed E-state index contributed by atoms with van der Waals surface area (Å²) >= 11 is 3.50. The first kappa shape index (κ1) is 16.1. The van der Waals surface area contributed by atoms with E-state index in [1.54, 1.807) is 6.20 Å². The zero-order valence-corrected chi connectivity index (χ0v) is 14.6. The molecule has 2 N–H and O–H groups in total. The number of benzene rings is 1. The van der Waals surface area contributed by atoms with Gasteiger partial charge >= 0.3 is 0 Å². The van der Waals surface area contributed by atoms with E-state index in [2.05, 4.69) is 33.2 Å². The molecule has 0 bridgehead atoms. The van der Waals surface area contributed by atoms with E-state index in [4.69, 9.17) is 0 Å². The van der Waals surface area contributed by atoms with Gasteiger partial charge in [0.2, 0.25) is 5.91 Å². The molecule has 2 heterocycles. The van der Waals surface area contributed by atoms with Crippen LogP contribution in [0.3, 0.4) is 0 Å². The highest BCUT2D eigenvalue weighted by Crippen LogP contribution is 2.26. The summed E-state index contributed by atoms with van der Waals surface area (Å²) in [5, 5.41) is 3.87. The molecule has 23 heavy (non-hydrogen) atoms. The molecule has 1 aromatic heterocycles. The molecule has 0 unspecified atom stereocenters. The zero-order chi connectivity index (χ0) is 16.4. The number of nitrogens with one attached hydrogen (secondary N) is 2. The highest BCUT2D eigenvalue weighted by molar-refractivity contribution is 9.10. The SMILES string of the molecule is C[C@@H](CNC(=O)c1c[nH]c2cccc(Br)c12)CN1CCCC1=O. The smallest absolute Gasteiger partial charge is 0.253 e. The molecule has 1 saturated heterocycles. The molecule has 5 nitrogen and oxygen atoms in total. The van der Waals surface area contributed by atoms with Crippen LogP contribution in [0.2, 0.25) is 0 Å². The molecule has 0 radical (unpaired) electrons. The number of carbonyl (C=O) groups is 2. The molecule has 122 valence electrons. The van der Waals surface area contributed by atoms with Gasteiger partial charge in [0, 0.05) is 47.6 Å². The molecule has 1 aliphatic heterocycles. The summed E-state index contributed by atoms with van der Waals surface area (Å²) in [6.07, 6.45) is 3.34. The number of rotatable bonds is 5. The Labute approximate surface area is 143 Å². The molecule has 1 aromatic carbocycles. The fourth-order valence-corrected chi connectivity index (χ4v) is 3.60. The molecule has 0 saturated carbocycles. The quantitative estimate of drug-likeness (QED) is 0.840. The van der Waals surface area contributed by atoms with E-state index in [0.29, 0.717) is 25.1 Å². The number of amides is 2. The fourth-order valence-electron chi connectivity index (χ4n) is 3.02. The Morgan fingerprint density at radius 2 is 2.30 bits per heavy atom. The summed E-state index contributed by atoms with van der Waals surface area (Å²) in [6.45, 7) is 4.15. The van der Waals surface area contributed by atoms with Crippen LogP contribution in [0, 0.1) is 5.92 Å². The van der Waals surface area contributed by atoms with Crippen molar-refractivity contribution in [1.29, 1.82) is 0 Å². The standard InChI is InChI=1S/C17H20BrN3O2/c1-11(10-21-7-3-6-15(21)22)8-20-17(23)12-9-19-14-5-2-4-13(18)16(12)14/h2,4-5,9,11,19H,3,6-8,10H2,1H3,(H,20,23)/t11-/m0/s1. The maximum absolute atomic E-state index is 12.4. The average Bonchev–Trinajstić information content (AvgIpc) is 3.13. The molecule has 0 aliphatic carbocycles. The van der Waals surface area contributed by atoms with Crippen LogP contribution < -0.4 is 5.32 Å². The van der Waals surface area contributed by atoms with Gasteiger partial charge in [-0.15, -0.1) is 0 Å². The summed E-state index contributed by atoms with van der Waals surface area (Å²) in [6, 6.07) is 5.80. The lowest BCUT2D eigenvalue weighted by Gasteiger charge is -2.21. The van der Waals surface area contributed by atoms with Crippen molar-refractivity contribution in [2.45, 2.75) is 19.8 Å². The number of hydrogen-bond acceptors (Lipinski definition) is 2. The minimum atomic E-state index is -0.0947. The van der Waals surface area contributed by atoms with Crippen LogP contribution in [0.5, 0.6) is 0 Å². The van der Waals surface area contributed by atoms with Crippen LogP contribution in [0.25, 0.3) is 10.9 Å². The van der Waals surface area contributed by atoms with Crippen LogP contribution in [-0.2, 0) is 4.79 Å². The van der Waals surface area contributed by atoms with Crippen molar-refractivity contribution >= 4 is 38.6 Å². The zero-order valence-electron chi connectivity index (χ0n) is 13.1. The summed E-state index contributed by atoms with van der Waals surface area (Å²) in [5.74, 6) is 0.362. The minimum Gasteiger partial charge on any atom is -0.360 e. The molecule has 1 atom stereocenters. The second-order valence-electron chi connectivity index (χ2n) is 6.12. The first-order valence-corrected chi connectivity index (χ1v) is 8.67. The number of H-pyrrole nitrogens is 1. The van der Waals surface area contributed by atoms with E-state index < -0.39 is 0 Å². The lowest BCUT2D eigenvalue weighted by atomic mass is 10.1. The molecule has 0 spiro atoms. The largest absolute Gasteiger partial charge is 0.360 e. The summed E-state index contributed by atoms with van der Waals surface area (Å²) < 4.78 is 0.900. The van der Waals surface area contributed by atoms with E-state index in [1.807, 2.05) is 23.1 Å². The number of likely N-dealkylation sites (tertiary alicyclic amines) is 1. The lowest BCUT2D eigenvalue weighted by Crippen LogP contribution is -2.36. The Hall–Kier alpha value is -1.82. The lowest BCUT2D eigenvalue weighted by molar-refractivity contribution is -0.128. The molecule has 2 aromatic rings. The molecular weight excluding hydrogens is 358 g/mol. The van der Waals surface area contributed by atoms with Gasteiger partial charge in [0.1, 0.15) is 0 Å². The Kier molecular flexibility index (Phi) is 4.71. The first-order valence-electron chi connectivity index (χ1n) is 7.88. The topological polar surface area (TPSA) is 65.2 Å². The highest BCUT2D eigenvalue weighted by atomic mass is 79.9. The van der Waals surface area contributed by atoms with E-state index in [-0.39, 0.29) is 17.7 Å². The monoisotopic (exact) mass is 377 g/mol. The summed E-state index contributed by atoms with van der Waals surface area (Å²) in [4.78, 5) is 29.1. The van der Waals surface area contributed by atoms with Crippen molar-refractivity contribution in [2.75, 3.05) is 19.6 Å². The van der Waals surface area contributed by atoms with Gasteiger partial charge < -0.3 is 15.2 Å². The van der Waals surface area contributed by atoms with Crippen LogP contribution in [0.1, 0.15) is 30.1 Å². The number of hydrogen-bond donors (Lipinski definition) is 2. The van der Waals surface area contributed by atoms with E-state index in [1.165, 1.54) is 0 Å². The second-order valence-corrected chi connectivity index (χ2v) is 6.98. The molecule has 1 fully saturated rings. The van der Waals surface area contributed by atoms with Gasteiger partial charge in [0.25, 0.3) is 5.91 Å². The van der Waals surface area contributed by atoms with Gasteiger partial charge in [-0.25, -0.2) is 0 Å². The number of aromatic nitrogens is 1. The molecule has 2 amide bonds. The van der Waals surface area contributed by atoms with Crippen molar-refractivity contribution in [3.63, 3.8) is 0 Å². The Bertz CT molecular complexity index is 741. The average molecular weight is 378 g/mol. The number of carbonyl (C=O) groups excluding carboxylic acids is 2. The van der Waals surface area contributed by atoms with Gasteiger partial charge in [-0.05, 0) is 24.5 Å². The fraction of sp³-hybridized carbons (Fsp3) is 0.412. The molecule has 6 heteroatoms. The molecular formula is C17H20BrN3O2. The number of nitrogens with zero attached hydrogens (tertiary/aromatic N) is 1. The predicted octanol–water partition coefficient (Wildman–Crippen LogP) is 2.92. The Morgan fingerprint density at radius 1 is 1.48 bits per heavy atom. The number of halogens is 1. The Balaban J connectivity index is 1.61. The normalized spacial score (nSPS) is 16.1. The predicted molar refractivity (Wildman–Crippen MR) is 93.3 cm³/mol. The van der Waals surface area contributed by atoms with Crippen LogP contribution >= 0.6 is 15.9 Å². The van der Waals surface area contributed by atoms with Crippen LogP contribution in [0.4, 0.5) is 0 Å². The van der Waals surface area contributed by atoms with Crippen molar-refractivity contribution in [3.05, 3.63) is 34.4 Å². The van der Waals surface area contributed by atoms with Gasteiger partial charge in [0.15, 0.2) is 0 Å². The van der Waals surface area contributed by atoms with Gasteiger partial charge in [0.05, 0.1) is 5.56 Å². The Morgan fingerprint density at radius 3 is 3.04 bits per heavy atom. The number of fused-ring (bicyclic) bond motifs is 1. The van der Waals surface area contributed by atoms with Gasteiger partial charge in [-0.3, -0.25) is 9.59 Å². The van der Waals surface area contributed by atoms with Gasteiger partial charge in [-0.1, -0.05) is 28.9 Å². The van der Waals surface area contributed by atoms with Crippen molar-refractivity contribution in [3.8, 4) is 0 Å². The maximum Gasteiger partial charge on any atom is 0.253 e. The van der Waals surface area contributed by atoms with Crippen molar-refractivity contribution in [2.24, 2.45) is 5.92 Å². The third-order valence-corrected chi connectivity index (χ3v) is 4.87. The first-order chi connectivity index (χ1) is 11.1. The van der Waals surface area contributed by atoms with E-state index in [9.17, 15) is 9.59 Å². The third-order valence-electron chi connectivity index (χ3n) is 4.21. The maximum atomic E-state index is 12.4. The van der Waals surface area contributed by atoms with E-state index in [0.717, 1.165) is 28.3 Å². The van der Waals surface area contributed by atoms with Gasteiger partial charge in [-0.2, -0.15) is 0 Å². The van der Waals surface area contributed by atoms with E-state index >= 15 is 0 Å². The molecule has 3 rings (SSSR count). The summed E-state index contributed by atoms with van der Waals surface area (Å²) in [7, 11) is 0. The summed E-state index contributed by atoms with van der Waals surface area (Å²) in [5.41, 5.74) is 1.57. The molecule has 1 aliphatic rings. The highest BCUT2D eigenvalue weighted by Gasteiger charge is 2.22. The van der Waals surface area contributed by atoms with Crippen LogP contribution in [-0.4, -0.2) is 41.3 Å². The van der Waals surface area contributed by atoms with Crippen molar-refractivity contribution < 1.29 is 9.59 Å². The number of aromatic amines is 1. The third kappa shape index (κ3) is 3.42. The minimum absolute atomic E-state index is 0.0947. The van der Waals surface area contributed by atoms with Crippen molar-refractivity contribution in [1.82, 2.24) is 15.2 Å².